The molecule has 0 bridgehead atoms. The molecular weight excluding hydrogens is 398 g/mol. The van der Waals surface area contributed by atoms with Gasteiger partial charge in [0.05, 0.1) is 22.4 Å². The molecule has 4 aromatic rings. The van der Waals surface area contributed by atoms with E-state index in [0.717, 1.165) is 58.0 Å². The number of benzene rings is 1. The summed E-state index contributed by atoms with van der Waals surface area (Å²) in [5.74, 6) is 1.59. The van der Waals surface area contributed by atoms with Gasteiger partial charge in [-0.2, -0.15) is 0 Å². The van der Waals surface area contributed by atoms with E-state index in [1.807, 2.05) is 37.3 Å². The van der Waals surface area contributed by atoms with Gasteiger partial charge >= 0.3 is 0 Å². The van der Waals surface area contributed by atoms with Crippen LogP contribution in [0.15, 0.2) is 61.4 Å². The highest BCUT2D eigenvalue weighted by Crippen LogP contribution is 2.39. The Hall–Kier alpha value is -3.67. The lowest BCUT2D eigenvalue weighted by Gasteiger charge is -2.22. The Morgan fingerprint density at radius 1 is 1.06 bits per heavy atom. The summed E-state index contributed by atoms with van der Waals surface area (Å²) in [6.45, 7) is 6.62. The largest absolute Gasteiger partial charge is 0.323 e. The number of carbonyl (C=O) groups excluding carboxylic acids is 1. The molecule has 5 rings (SSSR count). The number of rotatable bonds is 5. The zero-order valence-electron chi connectivity index (χ0n) is 18.2. The molecule has 0 spiro atoms. The van der Waals surface area contributed by atoms with Crippen molar-refractivity contribution in [1.82, 2.24) is 24.5 Å². The van der Waals surface area contributed by atoms with Gasteiger partial charge in [-0.3, -0.25) is 19.7 Å². The first-order valence-corrected chi connectivity index (χ1v) is 11.0. The van der Waals surface area contributed by atoms with Gasteiger partial charge in [0.25, 0.3) is 0 Å². The minimum atomic E-state index is 0.241. The zero-order chi connectivity index (χ0) is 22.1. The van der Waals surface area contributed by atoms with Crippen molar-refractivity contribution >= 4 is 16.8 Å². The highest BCUT2D eigenvalue weighted by atomic mass is 16.1. The molecule has 0 unspecified atom stereocenters. The highest BCUT2D eigenvalue weighted by molar-refractivity contribution is 5.85. The minimum Gasteiger partial charge on any atom is -0.323 e. The average molecular weight is 424 g/mol. The van der Waals surface area contributed by atoms with Crippen molar-refractivity contribution in [2.75, 3.05) is 0 Å². The van der Waals surface area contributed by atoms with Gasteiger partial charge in [-0.1, -0.05) is 18.2 Å². The number of hydrogen-bond donors (Lipinski definition) is 0. The van der Waals surface area contributed by atoms with Gasteiger partial charge in [-0.25, -0.2) is 4.98 Å². The summed E-state index contributed by atoms with van der Waals surface area (Å²) < 4.78 is 2.24. The quantitative estimate of drug-likeness (QED) is 0.409. The maximum atomic E-state index is 11.9. The van der Waals surface area contributed by atoms with Crippen LogP contribution in [0, 0.1) is 6.92 Å². The number of pyridine rings is 1. The number of Topliss-reactive ketones (excluding diaryl/α,β-unsaturated/α-hetero) is 1. The van der Waals surface area contributed by atoms with Crippen molar-refractivity contribution in [1.29, 1.82) is 0 Å². The topological polar surface area (TPSA) is 73.6 Å². The molecule has 0 atom stereocenters. The molecular formula is C26H25N5O. The highest BCUT2D eigenvalue weighted by Gasteiger charge is 2.28. The molecule has 6 heteroatoms. The van der Waals surface area contributed by atoms with Crippen LogP contribution in [-0.4, -0.2) is 30.3 Å². The second kappa shape index (κ2) is 8.46. The zero-order valence-corrected chi connectivity index (χ0v) is 18.2. The Morgan fingerprint density at radius 2 is 1.84 bits per heavy atom. The monoisotopic (exact) mass is 423 g/mol. The van der Waals surface area contributed by atoms with Crippen LogP contribution in [0.4, 0.5) is 0 Å². The van der Waals surface area contributed by atoms with Crippen molar-refractivity contribution in [3.8, 4) is 22.6 Å². The molecule has 3 heterocycles. The Labute approximate surface area is 187 Å². The van der Waals surface area contributed by atoms with E-state index in [4.69, 9.17) is 9.97 Å². The molecule has 1 aliphatic rings. The van der Waals surface area contributed by atoms with E-state index in [1.54, 1.807) is 12.4 Å². The Bertz CT molecular complexity index is 1310. The van der Waals surface area contributed by atoms with Crippen LogP contribution in [0.1, 0.15) is 43.1 Å². The first-order chi connectivity index (χ1) is 15.6. The summed E-state index contributed by atoms with van der Waals surface area (Å²) in [7, 11) is 0. The van der Waals surface area contributed by atoms with Crippen LogP contribution in [0.25, 0.3) is 33.7 Å². The van der Waals surface area contributed by atoms with Crippen molar-refractivity contribution in [2.45, 2.75) is 45.1 Å². The molecule has 0 saturated heterocycles. The van der Waals surface area contributed by atoms with E-state index in [0.29, 0.717) is 25.2 Å². The first kappa shape index (κ1) is 20.2. The van der Waals surface area contributed by atoms with Crippen LogP contribution >= 0.6 is 0 Å². The molecule has 1 fully saturated rings. The summed E-state index contributed by atoms with van der Waals surface area (Å²) in [4.78, 5) is 30.7. The number of ketones is 1. The third kappa shape index (κ3) is 3.73. The molecule has 0 aliphatic heterocycles. The van der Waals surface area contributed by atoms with Crippen LogP contribution in [0.5, 0.6) is 0 Å². The first-order valence-electron chi connectivity index (χ1n) is 11.0. The number of nitrogens with zero attached hydrogens (tertiary/aromatic N) is 5. The number of hydrogen-bond acceptors (Lipinski definition) is 5. The number of aryl methyl sites for hydroxylation is 1. The summed E-state index contributed by atoms with van der Waals surface area (Å²) in [5.41, 5.74) is 6.35. The maximum absolute atomic E-state index is 11.9. The fourth-order valence-corrected chi connectivity index (χ4v) is 4.55. The van der Waals surface area contributed by atoms with Gasteiger partial charge in [0, 0.05) is 49.0 Å². The normalized spacial score (nSPS) is 14.7. The Morgan fingerprint density at radius 3 is 2.59 bits per heavy atom. The molecule has 0 radical (unpaired) electrons. The average Bonchev–Trinajstić information content (AvgIpc) is 3.19. The summed E-state index contributed by atoms with van der Waals surface area (Å²) in [5, 5.41) is 0. The summed E-state index contributed by atoms with van der Waals surface area (Å²) >= 11 is 0. The van der Waals surface area contributed by atoms with Gasteiger partial charge in [0.15, 0.2) is 0 Å². The van der Waals surface area contributed by atoms with E-state index in [1.165, 1.54) is 0 Å². The van der Waals surface area contributed by atoms with Crippen LogP contribution < -0.4 is 0 Å². The van der Waals surface area contributed by atoms with Gasteiger partial charge in [-0.05, 0) is 44.0 Å². The molecule has 160 valence electrons. The minimum absolute atomic E-state index is 0.241. The predicted octanol–water partition coefficient (Wildman–Crippen LogP) is 5.28. The van der Waals surface area contributed by atoms with Gasteiger partial charge in [0.1, 0.15) is 17.3 Å². The van der Waals surface area contributed by atoms with Gasteiger partial charge in [0.2, 0.25) is 0 Å². The number of fused-ring (bicyclic) bond motifs is 1. The summed E-state index contributed by atoms with van der Waals surface area (Å²) in [6.07, 6.45) is 8.20. The molecule has 1 aromatic carbocycles. The maximum Gasteiger partial charge on any atom is 0.132 e. The van der Waals surface area contributed by atoms with Gasteiger partial charge < -0.3 is 4.57 Å². The van der Waals surface area contributed by atoms with Crippen LogP contribution in [0.2, 0.25) is 0 Å². The standard InChI is InChI=1S/C26H25N5O/c1-3-15-31-25(19-9-12-21-23(16-19)28-14-13-27-21)24(22-6-4-5-17(2)29-22)30-26(31)18-7-10-20(32)11-8-18/h3-6,9,12-14,16,18H,1,7-8,10-11,15H2,2H3. The Balaban J connectivity index is 1.74. The van der Waals surface area contributed by atoms with Gasteiger partial charge in [-0.15, -0.1) is 6.58 Å². The van der Waals surface area contributed by atoms with Crippen LogP contribution in [-0.2, 0) is 11.3 Å². The van der Waals surface area contributed by atoms with Crippen molar-refractivity contribution in [3.63, 3.8) is 0 Å². The second-order valence-electron chi connectivity index (χ2n) is 8.30. The lowest BCUT2D eigenvalue weighted by molar-refractivity contribution is -0.120. The lowest BCUT2D eigenvalue weighted by atomic mass is 9.88. The van der Waals surface area contributed by atoms with Crippen molar-refractivity contribution in [3.05, 3.63) is 73.0 Å². The molecule has 1 aliphatic carbocycles. The third-order valence-electron chi connectivity index (χ3n) is 6.09. The smallest absolute Gasteiger partial charge is 0.132 e. The third-order valence-corrected chi connectivity index (χ3v) is 6.09. The number of imidazole rings is 1. The fourth-order valence-electron chi connectivity index (χ4n) is 4.55. The van der Waals surface area contributed by atoms with E-state index >= 15 is 0 Å². The predicted molar refractivity (Wildman–Crippen MR) is 125 cm³/mol. The van der Waals surface area contributed by atoms with E-state index < -0.39 is 0 Å². The molecule has 0 N–H and O–H groups in total. The molecule has 6 nitrogen and oxygen atoms in total. The van der Waals surface area contributed by atoms with Crippen molar-refractivity contribution in [2.24, 2.45) is 0 Å². The van der Waals surface area contributed by atoms with Crippen LogP contribution in [0.3, 0.4) is 0 Å². The number of allylic oxidation sites excluding steroid dienone is 1. The molecule has 3 aromatic heterocycles. The Kier molecular flexibility index (Phi) is 5.35. The van der Waals surface area contributed by atoms with E-state index in [-0.39, 0.29) is 5.92 Å². The number of aromatic nitrogens is 5. The fraction of sp³-hybridized carbons (Fsp3) is 0.269. The van der Waals surface area contributed by atoms with E-state index in [2.05, 4.69) is 33.2 Å². The lowest BCUT2D eigenvalue weighted by Crippen LogP contribution is -2.16. The number of carbonyl (C=O) groups is 1. The SMILES string of the molecule is C=CCn1c(C2CCC(=O)CC2)nc(-c2cccc(C)n2)c1-c1ccc2nccnc2c1. The van der Waals surface area contributed by atoms with Crippen molar-refractivity contribution < 1.29 is 4.79 Å². The van der Waals surface area contributed by atoms with E-state index in [9.17, 15) is 4.79 Å². The summed E-state index contributed by atoms with van der Waals surface area (Å²) in [6, 6.07) is 12.1. The molecule has 32 heavy (non-hydrogen) atoms. The molecule has 1 saturated carbocycles. The second-order valence-corrected chi connectivity index (χ2v) is 8.30. The molecule has 0 amide bonds.